The Hall–Kier alpha value is -0.450. The molecule has 1 unspecified atom stereocenters. The first-order valence-electron chi connectivity index (χ1n) is 5.33. The second-order valence-electron chi connectivity index (χ2n) is 4.17. The zero-order valence-electron chi connectivity index (χ0n) is 9.87. The maximum Gasteiger partial charge on any atom is 0.0957 e. The van der Waals surface area contributed by atoms with Crippen LogP contribution in [-0.2, 0) is 6.42 Å². The first-order chi connectivity index (χ1) is 6.99. The first-order valence-corrected chi connectivity index (χ1v) is 6.15. The SMILES string of the molecule is Cc1nc(CC(O)CNC(C)C)sc1C. The smallest absolute Gasteiger partial charge is 0.0957 e. The van der Waals surface area contributed by atoms with E-state index >= 15 is 0 Å². The number of aliphatic hydroxyl groups excluding tert-OH is 1. The summed E-state index contributed by atoms with van der Waals surface area (Å²) >= 11 is 1.68. The van der Waals surface area contributed by atoms with Crippen LogP contribution in [0.25, 0.3) is 0 Å². The third kappa shape index (κ3) is 4.28. The van der Waals surface area contributed by atoms with E-state index in [0.717, 1.165) is 10.7 Å². The minimum atomic E-state index is -0.336. The van der Waals surface area contributed by atoms with Crippen molar-refractivity contribution in [3.8, 4) is 0 Å². The summed E-state index contributed by atoms with van der Waals surface area (Å²) in [7, 11) is 0. The lowest BCUT2D eigenvalue weighted by atomic mass is 10.2. The summed E-state index contributed by atoms with van der Waals surface area (Å²) in [6.45, 7) is 8.85. The summed E-state index contributed by atoms with van der Waals surface area (Å²) in [6, 6.07) is 0.416. The number of rotatable bonds is 5. The van der Waals surface area contributed by atoms with Crippen LogP contribution in [-0.4, -0.2) is 28.8 Å². The number of hydrogen-bond acceptors (Lipinski definition) is 4. The molecule has 0 aliphatic rings. The monoisotopic (exact) mass is 228 g/mol. The van der Waals surface area contributed by atoms with Gasteiger partial charge in [-0.1, -0.05) is 13.8 Å². The first kappa shape index (κ1) is 12.6. The van der Waals surface area contributed by atoms with Crippen LogP contribution >= 0.6 is 11.3 Å². The maximum atomic E-state index is 9.76. The van der Waals surface area contributed by atoms with Gasteiger partial charge in [-0.05, 0) is 13.8 Å². The molecule has 1 atom stereocenters. The molecule has 0 aliphatic carbocycles. The van der Waals surface area contributed by atoms with E-state index in [1.807, 2.05) is 6.92 Å². The zero-order chi connectivity index (χ0) is 11.4. The Morgan fingerprint density at radius 1 is 1.40 bits per heavy atom. The third-order valence-corrected chi connectivity index (χ3v) is 3.34. The van der Waals surface area contributed by atoms with Crippen LogP contribution in [0, 0.1) is 13.8 Å². The van der Waals surface area contributed by atoms with Gasteiger partial charge in [0, 0.05) is 23.9 Å². The maximum absolute atomic E-state index is 9.76. The molecule has 0 fully saturated rings. The molecule has 0 aliphatic heterocycles. The standard InChI is InChI=1S/C11H20N2OS/c1-7(2)12-6-10(14)5-11-13-8(3)9(4)15-11/h7,10,12,14H,5-6H2,1-4H3. The van der Waals surface area contributed by atoms with E-state index in [2.05, 4.69) is 31.1 Å². The lowest BCUT2D eigenvalue weighted by Gasteiger charge is -2.12. The van der Waals surface area contributed by atoms with E-state index in [4.69, 9.17) is 0 Å². The molecule has 0 radical (unpaired) electrons. The fraction of sp³-hybridized carbons (Fsp3) is 0.727. The lowest BCUT2D eigenvalue weighted by molar-refractivity contribution is 0.169. The summed E-state index contributed by atoms with van der Waals surface area (Å²) < 4.78 is 0. The Labute approximate surface area is 95.6 Å². The average molecular weight is 228 g/mol. The Kier molecular flexibility index (Phi) is 4.70. The van der Waals surface area contributed by atoms with Gasteiger partial charge in [-0.25, -0.2) is 4.98 Å². The highest BCUT2D eigenvalue weighted by Crippen LogP contribution is 2.17. The number of nitrogens with one attached hydrogen (secondary N) is 1. The summed E-state index contributed by atoms with van der Waals surface area (Å²) in [5.41, 5.74) is 1.08. The highest BCUT2D eigenvalue weighted by Gasteiger charge is 2.10. The van der Waals surface area contributed by atoms with Crippen molar-refractivity contribution in [2.24, 2.45) is 0 Å². The fourth-order valence-corrected chi connectivity index (χ4v) is 2.28. The van der Waals surface area contributed by atoms with Crippen LogP contribution in [0.2, 0.25) is 0 Å². The molecule has 0 bridgehead atoms. The number of nitrogens with zero attached hydrogens (tertiary/aromatic N) is 1. The molecule has 15 heavy (non-hydrogen) atoms. The lowest BCUT2D eigenvalue weighted by Crippen LogP contribution is -2.32. The van der Waals surface area contributed by atoms with Crippen molar-refractivity contribution in [3.63, 3.8) is 0 Å². The molecule has 1 rings (SSSR count). The largest absolute Gasteiger partial charge is 0.391 e. The van der Waals surface area contributed by atoms with Crippen LogP contribution in [0.4, 0.5) is 0 Å². The molecule has 4 heteroatoms. The molecule has 0 saturated heterocycles. The number of aryl methyl sites for hydroxylation is 2. The molecule has 3 nitrogen and oxygen atoms in total. The van der Waals surface area contributed by atoms with Gasteiger partial charge in [0.15, 0.2) is 0 Å². The van der Waals surface area contributed by atoms with Crippen LogP contribution in [0.3, 0.4) is 0 Å². The van der Waals surface area contributed by atoms with Crippen molar-refractivity contribution >= 4 is 11.3 Å². The van der Waals surface area contributed by atoms with E-state index in [1.54, 1.807) is 11.3 Å². The highest BCUT2D eigenvalue weighted by molar-refractivity contribution is 7.11. The molecule has 2 N–H and O–H groups in total. The van der Waals surface area contributed by atoms with E-state index in [1.165, 1.54) is 4.88 Å². The van der Waals surface area contributed by atoms with Crippen molar-refractivity contribution in [2.45, 2.75) is 46.3 Å². The van der Waals surface area contributed by atoms with Crippen molar-refractivity contribution in [1.29, 1.82) is 0 Å². The zero-order valence-corrected chi connectivity index (χ0v) is 10.7. The van der Waals surface area contributed by atoms with Gasteiger partial charge in [0.1, 0.15) is 0 Å². The highest BCUT2D eigenvalue weighted by atomic mass is 32.1. The number of hydrogen-bond donors (Lipinski definition) is 2. The molecular weight excluding hydrogens is 208 g/mol. The molecule has 1 aromatic heterocycles. The molecule has 86 valence electrons. The molecule has 0 saturated carbocycles. The molecule has 1 aromatic rings. The van der Waals surface area contributed by atoms with Gasteiger partial charge in [0.25, 0.3) is 0 Å². The van der Waals surface area contributed by atoms with Crippen molar-refractivity contribution in [2.75, 3.05) is 6.54 Å². The normalized spacial score (nSPS) is 13.5. The van der Waals surface area contributed by atoms with Gasteiger partial charge < -0.3 is 10.4 Å². The summed E-state index contributed by atoms with van der Waals surface area (Å²) in [6.07, 6.45) is 0.316. The molecule has 1 heterocycles. The Balaban J connectivity index is 2.40. The Bertz CT molecular complexity index is 290. The Morgan fingerprint density at radius 2 is 2.07 bits per heavy atom. The van der Waals surface area contributed by atoms with Gasteiger partial charge in [0.2, 0.25) is 0 Å². The topological polar surface area (TPSA) is 45.2 Å². The Morgan fingerprint density at radius 3 is 2.53 bits per heavy atom. The number of thiazole rings is 1. The van der Waals surface area contributed by atoms with Crippen molar-refractivity contribution in [1.82, 2.24) is 10.3 Å². The van der Waals surface area contributed by atoms with Gasteiger partial charge >= 0.3 is 0 Å². The van der Waals surface area contributed by atoms with Gasteiger partial charge in [0.05, 0.1) is 16.8 Å². The average Bonchev–Trinajstić information content (AvgIpc) is 2.42. The predicted octanol–water partition coefficient (Wildman–Crippen LogP) is 1.66. The fourth-order valence-electron chi connectivity index (χ4n) is 1.27. The van der Waals surface area contributed by atoms with E-state index < -0.39 is 0 Å². The number of aliphatic hydroxyl groups is 1. The predicted molar refractivity (Wildman–Crippen MR) is 64.4 cm³/mol. The summed E-state index contributed by atoms with van der Waals surface area (Å²) in [4.78, 5) is 5.65. The third-order valence-electron chi connectivity index (χ3n) is 2.24. The van der Waals surface area contributed by atoms with E-state index in [0.29, 0.717) is 19.0 Å². The van der Waals surface area contributed by atoms with Gasteiger partial charge in [-0.2, -0.15) is 0 Å². The van der Waals surface area contributed by atoms with Crippen LogP contribution in [0.1, 0.15) is 29.4 Å². The number of aromatic nitrogens is 1. The van der Waals surface area contributed by atoms with Crippen molar-refractivity contribution in [3.05, 3.63) is 15.6 Å². The minimum absolute atomic E-state index is 0.336. The van der Waals surface area contributed by atoms with Crippen LogP contribution < -0.4 is 5.32 Å². The van der Waals surface area contributed by atoms with Crippen LogP contribution in [0.5, 0.6) is 0 Å². The molecule has 0 amide bonds. The molecular formula is C11H20N2OS. The van der Waals surface area contributed by atoms with Crippen LogP contribution in [0.15, 0.2) is 0 Å². The van der Waals surface area contributed by atoms with E-state index in [-0.39, 0.29) is 6.10 Å². The second-order valence-corrected chi connectivity index (χ2v) is 5.46. The van der Waals surface area contributed by atoms with Gasteiger partial charge in [-0.3, -0.25) is 0 Å². The minimum Gasteiger partial charge on any atom is -0.391 e. The summed E-state index contributed by atoms with van der Waals surface area (Å²) in [5.74, 6) is 0. The van der Waals surface area contributed by atoms with Crippen molar-refractivity contribution < 1.29 is 5.11 Å². The molecule has 0 aromatic carbocycles. The van der Waals surface area contributed by atoms with Gasteiger partial charge in [-0.15, -0.1) is 11.3 Å². The summed E-state index contributed by atoms with van der Waals surface area (Å²) in [5, 5.41) is 14.0. The molecule has 0 spiro atoms. The quantitative estimate of drug-likeness (QED) is 0.805. The van der Waals surface area contributed by atoms with E-state index in [9.17, 15) is 5.11 Å². The second kappa shape index (κ2) is 5.58.